The molecule has 2 aromatic carbocycles. The van der Waals surface area contributed by atoms with Crippen molar-refractivity contribution >= 4 is 21.6 Å². The second-order valence-corrected chi connectivity index (χ2v) is 6.62. The molecule has 2 rings (SSSR count). The van der Waals surface area contributed by atoms with Crippen LogP contribution in [-0.4, -0.2) is 33.7 Å². The lowest BCUT2D eigenvalue weighted by Gasteiger charge is -2.09. The average molecular weight is 334 g/mol. The van der Waals surface area contributed by atoms with E-state index in [1.54, 1.807) is 54.6 Å². The third kappa shape index (κ3) is 5.30. The Morgan fingerprint density at radius 1 is 1.09 bits per heavy atom. The first-order chi connectivity index (χ1) is 11.0. The summed E-state index contributed by atoms with van der Waals surface area (Å²) in [5, 5.41) is 2.58. The number of ether oxygens (including phenoxy) is 1. The molecule has 6 nitrogen and oxygen atoms in total. The van der Waals surface area contributed by atoms with Crippen LogP contribution < -0.4 is 14.8 Å². The van der Waals surface area contributed by atoms with Crippen LogP contribution in [0.5, 0.6) is 5.75 Å². The zero-order valence-corrected chi connectivity index (χ0v) is 13.5. The molecule has 0 aliphatic heterocycles. The molecule has 7 heteroatoms. The molecule has 0 bridgehead atoms. The number of hydrogen-bond acceptors (Lipinski definition) is 4. The number of carbonyl (C=O) groups is 1. The fourth-order valence-electron chi connectivity index (χ4n) is 1.90. The van der Waals surface area contributed by atoms with E-state index >= 15 is 0 Å². The Balaban J connectivity index is 1.87. The molecular formula is C16H18N2O4S. The largest absolute Gasteiger partial charge is 0.497 e. The van der Waals surface area contributed by atoms with Crippen LogP contribution in [0, 0.1) is 0 Å². The second kappa shape index (κ2) is 7.64. The highest BCUT2D eigenvalue weighted by Gasteiger charge is 2.12. The van der Waals surface area contributed by atoms with E-state index in [0.717, 1.165) is 0 Å². The van der Waals surface area contributed by atoms with Crippen LogP contribution in [0.3, 0.4) is 0 Å². The van der Waals surface area contributed by atoms with E-state index in [1.807, 2.05) is 0 Å². The van der Waals surface area contributed by atoms with Crippen LogP contribution >= 0.6 is 0 Å². The van der Waals surface area contributed by atoms with Crippen molar-refractivity contribution in [3.05, 3.63) is 60.2 Å². The zero-order valence-electron chi connectivity index (χ0n) is 12.7. The van der Waals surface area contributed by atoms with Crippen molar-refractivity contribution < 1.29 is 17.9 Å². The lowest BCUT2D eigenvalue weighted by molar-refractivity contribution is 0.0956. The van der Waals surface area contributed by atoms with Gasteiger partial charge in [-0.2, -0.15) is 0 Å². The van der Waals surface area contributed by atoms with Crippen molar-refractivity contribution in [2.45, 2.75) is 0 Å². The normalized spacial score (nSPS) is 10.8. The van der Waals surface area contributed by atoms with Crippen molar-refractivity contribution in [3.8, 4) is 5.75 Å². The van der Waals surface area contributed by atoms with Crippen LogP contribution in [-0.2, 0) is 10.0 Å². The zero-order chi connectivity index (χ0) is 16.7. The molecule has 0 aliphatic rings. The van der Waals surface area contributed by atoms with E-state index < -0.39 is 10.0 Å². The van der Waals surface area contributed by atoms with Gasteiger partial charge in [-0.05, 0) is 30.3 Å². The molecule has 0 radical (unpaired) electrons. The third-order valence-electron chi connectivity index (χ3n) is 3.04. The second-order valence-electron chi connectivity index (χ2n) is 4.77. The Labute approximate surface area is 135 Å². The maximum absolute atomic E-state index is 12.0. The number of methoxy groups -OCH3 is 1. The molecule has 0 aliphatic carbocycles. The maximum Gasteiger partial charge on any atom is 0.251 e. The fraction of sp³-hybridized carbons (Fsp3) is 0.188. The van der Waals surface area contributed by atoms with Gasteiger partial charge in [-0.3, -0.25) is 9.52 Å². The van der Waals surface area contributed by atoms with Gasteiger partial charge in [0.2, 0.25) is 10.0 Å². The number of sulfonamides is 1. The molecule has 0 unspecified atom stereocenters. The number of amides is 1. The first-order valence-corrected chi connectivity index (χ1v) is 8.63. The Morgan fingerprint density at radius 2 is 1.83 bits per heavy atom. The molecule has 23 heavy (non-hydrogen) atoms. The van der Waals surface area contributed by atoms with E-state index in [0.29, 0.717) is 17.0 Å². The summed E-state index contributed by atoms with van der Waals surface area (Å²) in [6, 6.07) is 15.2. The lowest BCUT2D eigenvalue weighted by atomic mass is 10.2. The molecule has 0 spiro atoms. The summed E-state index contributed by atoms with van der Waals surface area (Å²) in [7, 11) is -2.00. The summed E-state index contributed by atoms with van der Waals surface area (Å²) in [6.45, 7) is 0.0121. The van der Waals surface area contributed by atoms with Crippen molar-refractivity contribution in [2.75, 3.05) is 24.1 Å². The highest BCUT2D eigenvalue weighted by atomic mass is 32.2. The number of carbonyl (C=O) groups excluding carboxylic acids is 1. The van der Waals surface area contributed by atoms with Gasteiger partial charge < -0.3 is 10.1 Å². The molecule has 0 atom stereocenters. The number of rotatable bonds is 7. The first-order valence-electron chi connectivity index (χ1n) is 6.98. The Hall–Kier alpha value is -2.54. The molecular weight excluding hydrogens is 316 g/mol. The van der Waals surface area contributed by atoms with Crippen molar-refractivity contribution in [3.63, 3.8) is 0 Å². The van der Waals surface area contributed by atoms with Crippen molar-refractivity contribution in [2.24, 2.45) is 0 Å². The van der Waals surface area contributed by atoms with Gasteiger partial charge in [-0.25, -0.2) is 8.42 Å². The van der Waals surface area contributed by atoms with Gasteiger partial charge in [-0.1, -0.05) is 24.3 Å². The van der Waals surface area contributed by atoms with Gasteiger partial charge in [0.15, 0.2) is 0 Å². The molecule has 2 N–H and O–H groups in total. The number of hydrogen-bond donors (Lipinski definition) is 2. The predicted molar refractivity (Wildman–Crippen MR) is 89.2 cm³/mol. The molecule has 0 aromatic heterocycles. The molecule has 0 saturated carbocycles. The molecule has 0 fully saturated rings. The van der Waals surface area contributed by atoms with E-state index in [2.05, 4.69) is 10.0 Å². The van der Waals surface area contributed by atoms with Crippen LogP contribution in [0.2, 0.25) is 0 Å². The monoisotopic (exact) mass is 334 g/mol. The summed E-state index contributed by atoms with van der Waals surface area (Å²) < 4.78 is 31.4. The molecule has 2 aromatic rings. The van der Waals surface area contributed by atoms with Crippen LogP contribution in [0.4, 0.5) is 5.69 Å². The van der Waals surface area contributed by atoms with Gasteiger partial charge in [0.1, 0.15) is 5.75 Å². The van der Waals surface area contributed by atoms with Gasteiger partial charge in [0.25, 0.3) is 5.91 Å². The van der Waals surface area contributed by atoms with Crippen LogP contribution in [0.25, 0.3) is 0 Å². The summed E-state index contributed by atoms with van der Waals surface area (Å²) in [5.74, 6) is 0.00672. The SMILES string of the molecule is COc1cccc(C(=O)NCCS(=O)(=O)Nc2ccccc2)c1. The Kier molecular flexibility index (Phi) is 5.59. The summed E-state index contributed by atoms with van der Waals surface area (Å²) in [6.07, 6.45) is 0. The fourth-order valence-corrected chi connectivity index (χ4v) is 2.87. The first kappa shape index (κ1) is 16.8. The average Bonchev–Trinajstić information content (AvgIpc) is 2.55. The summed E-state index contributed by atoms with van der Waals surface area (Å²) >= 11 is 0. The smallest absolute Gasteiger partial charge is 0.251 e. The highest BCUT2D eigenvalue weighted by molar-refractivity contribution is 7.92. The van der Waals surface area contributed by atoms with Crippen molar-refractivity contribution in [1.82, 2.24) is 5.32 Å². The maximum atomic E-state index is 12.0. The predicted octanol–water partition coefficient (Wildman–Crippen LogP) is 1.87. The highest BCUT2D eigenvalue weighted by Crippen LogP contribution is 2.12. The van der Waals surface area contributed by atoms with Crippen LogP contribution in [0.15, 0.2) is 54.6 Å². The topological polar surface area (TPSA) is 84.5 Å². The number of nitrogens with one attached hydrogen (secondary N) is 2. The summed E-state index contributed by atoms with van der Waals surface area (Å²) in [5.41, 5.74) is 0.907. The van der Waals surface area contributed by atoms with E-state index in [9.17, 15) is 13.2 Å². The molecule has 1 amide bonds. The quantitative estimate of drug-likeness (QED) is 0.809. The minimum atomic E-state index is -3.51. The molecule has 0 saturated heterocycles. The lowest BCUT2D eigenvalue weighted by Crippen LogP contribution is -2.31. The van der Waals surface area contributed by atoms with Crippen molar-refractivity contribution in [1.29, 1.82) is 0 Å². The van der Waals surface area contributed by atoms with E-state index in [4.69, 9.17) is 4.74 Å². The van der Waals surface area contributed by atoms with Gasteiger partial charge >= 0.3 is 0 Å². The van der Waals surface area contributed by atoms with Gasteiger partial charge in [0, 0.05) is 17.8 Å². The Bertz CT molecular complexity index is 761. The third-order valence-corrected chi connectivity index (χ3v) is 4.32. The number of benzene rings is 2. The summed E-state index contributed by atoms with van der Waals surface area (Å²) in [4.78, 5) is 12.0. The number of anilines is 1. The van der Waals surface area contributed by atoms with E-state index in [1.165, 1.54) is 7.11 Å². The van der Waals surface area contributed by atoms with Gasteiger partial charge in [0.05, 0.1) is 12.9 Å². The van der Waals surface area contributed by atoms with E-state index in [-0.39, 0.29) is 18.2 Å². The van der Waals surface area contributed by atoms with Crippen LogP contribution in [0.1, 0.15) is 10.4 Å². The minimum absolute atomic E-state index is 0.0121. The molecule has 0 heterocycles. The molecule has 122 valence electrons. The Morgan fingerprint density at radius 3 is 2.52 bits per heavy atom. The van der Waals surface area contributed by atoms with Gasteiger partial charge in [-0.15, -0.1) is 0 Å². The number of para-hydroxylation sites is 1. The standard InChI is InChI=1S/C16H18N2O4S/c1-22-15-9-5-6-13(12-15)16(19)17-10-11-23(20,21)18-14-7-3-2-4-8-14/h2-9,12,18H,10-11H2,1H3,(H,17,19). The minimum Gasteiger partial charge on any atom is -0.497 e.